The summed E-state index contributed by atoms with van der Waals surface area (Å²) in [5.74, 6) is 0.0676. The molecule has 0 aliphatic rings. The molecule has 100 valence electrons. The number of aryl methyl sites for hydroxylation is 2. The third-order valence-corrected chi connectivity index (χ3v) is 3.83. The van der Waals surface area contributed by atoms with Crippen LogP contribution in [0.5, 0.6) is 0 Å². The van der Waals surface area contributed by atoms with Crippen LogP contribution in [-0.2, 0) is 24.7 Å². The molecule has 1 aromatic heterocycles. The van der Waals surface area contributed by atoms with Crippen LogP contribution in [0.15, 0.2) is 24.3 Å². The highest BCUT2D eigenvalue weighted by Crippen LogP contribution is 2.21. The quantitative estimate of drug-likeness (QED) is 0.867. The summed E-state index contributed by atoms with van der Waals surface area (Å²) in [6.45, 7) is 1.82. The molecule has 0 saturated heterocycles. The summed E-state index contributed by atoms with van der Waals surface area (Å²) < 4.78 is 1.65. The van der Waals surface area contributed by atoms with Gasteiger partial charge in [-0.25, -0.2) is 0 Å². The Labute approximate surface area is 122 Å². The van der Waals surface area contributed by atoms with Gasteiger partial charge < -0.3 is 0 Å². The molecule has 0 aliphatic carbocycles. The zero-order valence-electron chi connectivity index (χ0n) is 10.8. The number of nitrogens with zero attached hydrogens (tertiary/aromatic N) is 2. The highest BCUT2D eigenvalue weighted by molar-refractivity contribution is 6.32. The SMILES string of the molecule is Cc1nn(C)c(CC(=O)Cc2ccccc2Cl)c1Cl. The van der Waals surface area contributed by atoms with Gasteiger partial charge in [0.25, 0.3) is 0 Å². The number of aromatic nitrogens is 2. The molecule has 1 heterocycles. The minimum Gasteiger partial charge on any atom is -0.299 e. The summed E-state index contributed by atoms with van der Waals surface area (Å²) >= 11 is 12.2. The largest absolute Gasteiger partial charge is 0.299 e. The minimum absolute atomic E-state index is 0.0676. The first-order valence-corrected chi connectivity index (χ1v) is 6.67. The number of rotatable bonds is 4. The van der Waals surface area contributed by atoms with Crippen molar-refractivity contribution in [3.63, 3.8) is 0 Å². The molecular weight excluding hydrogens is 283 g/mol. The topological polar surface area (TPSA) is 34.9 Å². The molecule has 5 heteroatoms. The maximum atomic E-state index is 12.1. The van der Waals surface area contributed by atoms with E-state index in [9.17, 15) is 4.79 Å². The van der Waals surface area contributed by atoms with Crippen LogP contribution in [0.4, 0.5) is 0 Å². The van der Waals surface area contributed by atoms with Crippen molar-refractivity contribution in [2.24, 2.45) is 7.05 Å². The summed E-state index contributed by atoms with van der Waals surface area (Å²) in [7, 11) is 1.79. The van der Waals surface area contributed by atoms with Gasteiger partial charge in [-0.15, -0.1) is 0 Å². The van der Waals surface area contributed by atoms with E-state index < -0.39 is 0 Å². The van der Waals surface area contributed by atoms with E-state index in [-0.39, 0.29) is 12.2 Å². The second-order valence-electron chi connectivity index (χ2n) is 4.45. The highest BCUT2D eigenvalue weighted by Gasteiger charge is 2.15. The molecule has 19 heavy (non-hydrogen) atoms. The van der Waals surface area contributed by atoms with Crippen molar-refractivity contribution >= 4 is 29.0 Å². The maximum Gasteiger partial charge on any atom is 0.143 e. The Kier molecular flexibility index (Phi) is 4.27. The average Bonchev–Trinajstić information content (AvgIpc) is 2.59. The molecule has 0 bridgehead atoms. The second kappa shape index (κ2) is 5.76. The summed E-state index contributed by atoms with van der Waals surface area (Å²) in [5.41, 5.74) is 2.32. The van der Waals surface area contributed by atoms with Crippen LogP contribution in [-0.4, -0.2) is 15.6 Å². The third-order valence-electron chi connectivity index (χ3n) is 2.97. The van der Waals surface area contributed by atoms with Crippen molar-refractivity contribution < 1.29 is 4.79 Å². The number of ketones is 1. The standard InChI is InChI=1S/C14H14Cl2N2O/c1-9-14(16)13(18(2)17-9)8-11(19)7-10-5-3-4-6-12(10)15/h3-6H,7-8H2,1-2H3. The number of carbonyl (C=O) groups is 1. The maximum absolute atomic E-state index is 12.1. The summed E-state index contributed by atoms with van der Waals surface area (Å²) in [5, 5.41) is 5.37. The number of hydrogen-bond acceptors (Lipinski definition) is 2. The van der Waals surface area contributed by atoms with Crippen molar-refractivity contribution in [2.75, 3.05) is 0 Å². The van der Waals surface area contributed by atoms with Crippen LogP contribution < -0.4 is 0 Å². The molecule has 0 unspecified atom stereocenters. The molecule has 2 aromatic rings. The minimum atomic E-state index is 0.0676. The first-order valence-electron chi connectivity index (χ1n) is 5.92. The first kappa shape index (κ1) is 14.1. The van der Waals surface area contributed by atoms with E-state index in [1.165, 1.54) is 0 Å². The lowest BCUT2D eigenvalue weighted by Gasteiger charge is -2.04. The van der Waals surface area contributed by atoms with E-state index in [1.54, 1.807) is 17.8 Å². The lowest BCUT2D eigenvalue weighted by atomic mass is 10.1. The fraction of sp³-hybridized carbons (Fsp3) is 0.286. The molecule has 1 aromatic carbocycles. The van der Waals surface area contributed by atoms with E-state index in [2.05, 4.69) is 5.10 Å². The summed E-state index contributed by atoms with van der Waals surface area (Å²) in [6, 6.07) is 7.36. The number of benzene rings is 1. The van der Waals surface area contributed by atoms with Crippen molar-refractivity contribution in [1.29, 1.82) is 0 Å². The Balaban J connectivity index is 2.12. The van der Waals surface area contributed by atoms with Crippen LogP contribution in [0, 0.1) is 6.92 Å². The van der Waals surface area contributed by atoms with Crippen molar-refractivity contribution in [1.82, 2.24) is 9.78 Å². The van der Waals surface area contributed by atoms with Gasteiger partial charge >= 0.3 is 0 Å². The zero-order valence-corrected chi connectivity index (χ0v) is 12.3. The van der Waals surface area contributed by atoms with Crippen LogP contribution in [0.25, 0.3) is 0 Å². The van der Waals surface area contributed by atoms with E-state index in [0.29, 0.717) is 16.5 Å². The van der Waals surface area contributed by atoms with Gasteiger partial charge in [0.1, 0.15) is 5.78 Å². The van der Waals surface area contributed by atoms with Crippen LogP contribution in [0.2, 0.25) is 10.0 Å². The molecule has 0 aliphatic heterocycles. The van der Waals surface area contributed by atoms with Crippen LogP contribution >= 0.6 is 23.2 Å². The molecule has 0 atom stereocenters. The Bertz CT molecular complexity index is 620. The van der Waals surface area contributed by atoms with E-state index >= 15 is 0 Å². The molecular formula is C14H14Cl2N2O. The Morgan fingerprint density at radius 3 is 2.53 bits per heavy atom. The van der Waals surface area contributed by atoms with E-state index in [0.717, 1.165) is 17.0 Å². The predicted octanol–water partition coefficient (Wildman–Crippen LogP) is 3.39. The lowest BCUT2D eigenvalue weighted by molar-refractivity contribution is -0.117. The first-order chi connectivity index (χ1) is 8.99. The third kappa shape index (κ3) is 3.17. The fourth-order valence-electron chi connectivity index (χ4n) is 1.98. The second-order valence-corrected chi connectivity index (χ2v) is 5.24. The van der Waals surface area contributed by atoms with Crippen molar-refractivity contribution in [3.05, 3.63) is 51.3 Å². The number of carbonyl (C=O) groups excluding carboxylic acids is 1. The van der Waals surface area contributed by atoms with E-state index in [1.807, 2.05) is 25.1 Å². The van der Waals surface area contributed by atoms with Crippen LogP contribution in [0.1, 0.15) is 17.0 Å². The molecule has 0 amide bonds. The molecule has 0 spiro atoms. The number of hydrogen-bond donors (Lipinski definition) is 0. The lowest BCUT2D eigenvalue weighted by Crippen LogP contribution is -2.10. The van der Waals surface area contributed by atoms with Gasteiger partial charge in [0.15, 0.2) is 0 Å². The smallest absolute Gasteiger partial charge is 0.143 e. The van der Waals surface area contributed by atoms with Crippen LogP contribution in [0.3, 0.4) is 0 Å². The molecule has 0 fully saturated rings. The molecule has 0 saturated carbocycles. The normalized spacial score (nSPS) is 10.7. The van der Waals surface area contributed by atoms with Gasteiger partial charge in [0.05, 0.1) is 22.8 Å². The van der Waals surface area contributed by atoms with Crippen molar-refractivity contribution in [2.45, 2.75) is 19.8 Å². The van der Waals surface area contributed by atoms with Crippen molar-refractivity contribution in [3.8, 4) is 0 Å². The molecule has 0 N–H and O–H groups in total. The summed E-state index contributed by atoms with van der Waals surface area (Å²) in [6.07, 6.45) is 0.571. The Morgan fingerprint density at radius 2 is 1.95 bits per heavy atom. The summed E-state index contributed by atoms with van der Waals surface area (Å²) in [4.78, 5) is 12.1. The average molecular weight is 297 g/mol. The van der Waals surface area contributed by atoms with Gasteiger partial charge in [-0.1, -0.05) is 41.4 Å². The molecule has 2 rings (SSSR count). The predicted molar refractivity (Wildman–Crippen MR) is 76.8 cm³/mol. The van der Waals surface area contributed by atoms with E-state index in [4.69, 9.17) is 23.2 Å². The molecule has 0 radical (unpaired) electrons. The van der Waals surface area contributed by atoms with Gasteiger partial charge in [-0.05, 0) is 18.6 Å². The fourth-order valence-corrected chi connectivity index (χ4v) is 2.41. The van der Waals surface area contributed by atoms with Gasteiger partial charge in [-0.2, -0.15) is 5.10 Å². The van der Waals surface area contributed by atoms with Gasteiger partial charge in [0.2, 0.25) is 0 Å². The number of Topliss-reactive ketones (excluding diaryl/α,β-unsaturated/α-hetero) is 1. The number of halogens is 2. The monoisotopic (exact) mass is 296 g/mol. The highest BCUT2D eigenvalue weighted by atomic mass is 35.5. The van der Waals surface area contributed by atoms with Gasteiger partial charge in [-0.3, -0.25) is 9.48 Å². The Hall–Kier alpha value is -1.32. The Morgan fingerprint density at radius 1 is 1.26 bits per heavy atom. The molecule has 3 nitrogen and oxygen atoms in total. The zero-order chi connectivity index (χ0) is 14.0. The van der Waals surface area contributed by atoms with Gasteiger partial charge in [0, 0.05) is 18.5 Å².